The van der Waals surface area contributed by atoms with E-state index in [1.807, 2.05) is 32.0 Å². The van der Waals surface area contributed by atoms with Gasteiger partial charge in [-0.3, -0.25) is 4.79 Å². The summed E-state index contributed by atoms with van der Waals surface area (Å²) in [6.07, 6.45) is 0. The Labute approximate surface area is 127 Å². The van der Waals surface area contributed by atoms with Crippen LogP contribution in [0.5, 0.6) is 0 Å². The van der Waals surface area contributed by atoms with Crippen molar-refractivity contribution in [3.05, 3.63) is 24.0 Å². The minimum Gasteiger partial charge on any atom is -0.341 e. The Morgan fingerprint density at radius 1 is 1.25 bits per heavy atom. The Balaban J connectivity index is 2.32. The van der Waals surface area contributed by atoms with Gasteiger partial charge in [-0.1, -0.05) is 36.7 Å². The molecule has 0 fully saturated rings. The zero-order chi connectivity index (χ0) is 15.1. The van der Waals surface area contributed by atoms with Crippen molar-refractivity contribution in [3.63, 3.8) is 0 Å². The third-order valence-electron chi connectivity index (χ3n) is 2.99. The van der Waals surface area contributed by atoms with Crippen LogP contribution in [0.25, 0.3) is 11.0 Å². The van der Waals surface area contributed by atoms with Crippen molar-refractivity contribution < 1.29 is 4.79 Å². The van der Waals surface area contributed by atoms with Crippen molar-refractivity contribution in [1.29, 1.82) is 0 Å². The average Bonchev–Trinajstić information content (AvgIpc) is 2.70. The molecule has 20 heavy (non-hydrogen) atoms. The number of anilines is 1. The van der Waals surface area contributed by atoms with Gasteiger partial charge >= 0.3 is 0 Å². The number of aromatic nitrogens is 2. The van der Waals surface area contributed by atoms with Gasteiger partial charge in [0.2, 0.25) is 5.91 Å². The van der Waals surface area contributed by atoms with E-state index in [1.165, 1.54) is 0 Å². The van der Waals surface area contributed by atoms with E-state index in [9.17, 15) is 4.79 Å². The maximum absolute atomic E-state index is 12.0. The van der Waals surface area contributed by atoms with Crippen molar-refractivity contribution in [2.75, 3.05) is 5.32 Å². The molecule has 0 aliphatic carbocycles. The molecule has 1 heterocycles. The van der Waals surface area contributed by atoms with E-state index in [4.69, 9.17) is 0 Å². The molecule has 1 aromatic carbocycles. The van der Waals surface area contributed by atoms with Crippen LogP contribution in [0.15, 0.2) is 18.2 Å². The van der Waals surface area contributed by atoms with Gasteiger partial charge in [0.25, 0.3) is 0 Å². The second kappa shape index (κ2) is 4.88. The summed E-state index contributed by atoms with van der Waals surface area (Å²) in [6, 6.07) is 5.69. The third-order valence-corrected chi connectivity index (χ3v) is 3.35. The molecule has 0 saturated heterocycles. The second-order valence-corrected chi connectivity index (χ2v) is 8.48. The summed E-state index contributed by atoms with van der Waals surface area (Å²) in [5, 5.41) is 2.89. The van der Waals surface area contributed by atoms with Crippen molar-refractivity contribution in [1.82, 2.24) is 9.97 Å². The molecule has 108 valence electrons. The van der Waals surface area contributed by atoms with E-state index >= 15 is 0 Å². The number of hydrogen-bond acceptors (Lipinski definition) is 2. The molecule has 0 radical (unpaired) electrons. The number of rotatable bonds is 2. The van der Waals surface area contributed by atoms with Crippen LogP contribution >= 0.6 is 15.9 Å². The van der Waals surface area contributed by atoms with Crippen LogP contribution in [0.3, 0.4) is 0 Å². The zero-order valence-corrected chi connectivity index (χ0v) is 14.1. The van der Waals surface area contributed by atoms with Crippen LogP contribution in [0.2, 0.25) is 0 Å². The quantitative estimate of drug-likeness (QED) is 0.814. The van der Waals surface area contributed by atoms with Crippen LogP contribution in [0.4, 0.5) is 5.69 Å². The summed E-state index contributed by atoms with van der Waals surface area (Å²) in [6.45, 7) is 9.96. The number of alkyl halides is 1. The fraction of sp³-hybridized carbons (Fsp3) is 0.467. The van der Waals surface area contributed by atoms with E-state index in [0.29, 0.717) is 0 Å². The fourth-order valence-electron chi connectivity index (χ4n) is 1.72. The molecule has 0 aliphatic heterocycles. The second-order valence-electron chi connectivity index (χ2n) is 6.49. The first-order chi connectivity index (χ1) is 9.07. The predicted molar refractivity (Wildman–Crippen MR) is 86.4 cm³/mol. The number of imidazole rings is 1. The van der Waals surface area contributed by atoms with Crippen LogP contribution in [0, 0.1) is 0 Å². The third kappa shape index (κ3) is 3.20. The number of carbonyl (C=O) groups excluding carboxylic acids is 1. The molecule has 1 aromatic heterocycles. The molecule has 0 bridgehead atoms. The first-order valence-corrected chi connectivity index (χ1v) is 7.37. The molecule has 4 nitrogen and oxygen atoms in total. The van der Waals surface area contributed by atoms with Gasteiger partial charge in [0.15, 0.2) is 0 Å². The van der Waals surface area contributed by atoms with Crippen LogP contribution < -0.4 is 5.32 Å². The number of nitrogens with one attached hydrogen (secondary N) is 2. The Morgan fingerprint density at radius 2 is 1.90 bits per heavy atom. The lowest BCUT2D eigenvalue weighted by atomic mass is 9.96. The van der Waals surface area contributed by atoms with Gasteiger partial charge < -0.3 is 10.3 Å². The largest absolute Gasteiger partial charge is 0.341 e. The monoisotopic (exact) mass is 337 g/mol. The first-order valence-electron chi connectivity index (χ1n) is 6.58. The highest BCUT2D eigenvalue weighted by atomic mass is 79.9. The summed E-state index contributed by atoms with van der Waals surface area (Å²) in [5.41, 5.74) is 2.57. The zero-order valence-electron chi connectivity index (χ0n) is 12.5. The molecule has 1 amide bonds. The van der Waals surface area contributed by atoms with Gasteiger partial charge in [-0.15, -0.1) is 0 Å². The van der Waals surface area contributed by atoms with Gasteiger partial charge in [0.1, 0.15) is 5.82 Å². The molecule has 2 rings (SSSR count). The standard InChI is InChI=1S/C15H20BrN3O/c1-14(2,3)12-18-10-7-6-9(8-11(10)19-12)17-13(20)15(4,5)16/h6-8H,1-5H3,(H,17,20)(H,18,19). The van der Waals surface area contributed by atoms with Crippen LogP contribution in [0.1, 0.15) is 40.4 Å². The smallest absolute Gasteiger partial charge is 0.240 e. The number of fused-ring (bicyclic) bond motifs is 1. The lowest BCUT2D eigenvalue weighted by molar-refractivity contribution is -0.117. The maximum Gasteiger partial charge on any atom is 0.240 e. The van der Waals surface area contributed by atoms with Crippen LogP contribution in [-0.2, 0) is 10.2 Å². The Hall–Kier alpha value is -1.36. The maximum atomic E-state index is 12.0. The minimum absolute atomic E-state index is 0.0275. The highest BCUT2D eigenvalue weighted by Crippen LogP contribution is 2.25. The van der Waals surface area contributed by atoms with E-state index in [2.05, 4.69) is 52.0 Å². The minimum atomic E-state index is -0.591. The van der Waals surface area contributed by atoms with E-state index in [-0.39, 0.29) is 11.3 Å². The number of H-pyrrole nitrogens is 1. The van der Waals surface area contributed by atoms with Gasteiger partial charge in [0, 0.05) is 11.1 Å². The molecule has 0 atom stereocenters. The molecule has 0 saturated carbocycles. The highest BCUT2D eigenvalue weighted by molar-refractivity contribution is 9.10. The van der Waals surface area contributed by atoms with Crippen molar-refractivity contribution in [2.24, 2.45) is 0 Å². The van der Waals surface area contributed by atoms with Gasteiger partial charge in [-0.2, -0.15) is 0 Å². The van der Waals surface area contributed by atoms with E-state index < -0.39 is 4.32 Å². The SMILES string of the molecule is CC(C)(Br)C(=O)Nc1ccc2nc(C(C)(C)C)[nH]c2c1. The lowest BCUT2D eigenvalue weighted by Gasteiger charge is -2.15. The summed E-state index contributed by atoms with van der Waals surface area (Å²) >= 11 is 3.35. The number of nitrogens with zero attached hydrogens (tertiary/aromatic N) is 1. The topological polar surface area (TPSA) is 57.8 Å². The lowest BCUT2D eigenvalue weighted by Crippen LogP contribution is -2.30. The summed E-state index contributed by atoms with van der Waals surface area (Å²) in [5.74, 6) is 0.865. The molecular weight excluding hydrogens is 318 g/mol. The summed E-state index contributed by atoms with van der Waals surface area (Å²) < 4.78 is -0.591. The number of amides is 1. The van der Waals surface area contributed by atoms with E-state index in [1.54, 1.807) is 0 Å². The molecule has 2 N–H and O–H groups in total. The summed E-state index contributed by atoms with van der Waals surface area (Å²) in [7, 11) is 0. The fourth-order valence-corrected chi connectivity index (χ4v) is 1.82. The number of hydrogen-bond donors (Lipinski definition) is 2. The molecule has 2 aromatic rings. The van der Waals surface area contributed by atoms with Crippen LogP contribution in [-0.4, -0.2) is 20.2 Å². The number of benzene rings is 1. The first kappa shape index (κ1) is 15.0. The summed E-state index contributed by atoms with van der Waals surface area (Å²) in [4.78, 5) is 19.8. The van der Waals surface area contributed by atoms with Gasteiger partial charge in [-0.05, 0) is 32.0 Å². The number of aromatic amines is 1. The molecule has 0 spiro atoms. The molecular formula is C15H20BrN3O. The Kier molecular flexibility index (Phi) is 3.67. The van der Waals surface area contributed by atoms with E-state index in [0.717, 1.165) is 22.5 Å². The Bertz CT molecular complexity index is 647. The number of carbonyl (C=O) groups is 1. The normalized spacial score (nSPS) is 12.7. The number of halogens is 1. The highest BCUT2D eigenvalue weighted by Gasteiger charge is 2.24. The van der Waals surface area contributed by atoms with Crippen molar-refractivity contribution in [2.45, 2.75) is 44.4 Å². The van der Waals surface area contributed by atoms with Crippen molar-refractivity contribution in [3.8, 4) is 0 Å². The Morgan fingerprint density at radius 3 is 2.45 bits per heavy atom. The van der Waals surface area contributed by atoms with Gasteiger partial charge in [-0.25, -0.2) is 4.98 Å². The predicted octanol–water partition coefficient (Wildman–Crippen LogP) is 3.97. The van der Waals surface area contributed by atoms with Crippen molar-refractivity contribution >= 4 is 38.6 Å². The average molecular weight is 338 g/mol. The molecule has 0 unspecified atom stereocenters. The molecule has 5 heteroatoms. The molecule has 0 aliphatic rings. The van der Waals surface area contributed by atoms with Gasteiger partial charge in [0.05, 0.1) is 15.4 Å².